The third-order valence-corrected chi connectivity index (χ3v) is 7.28. The van der Waals surface area contributed by atoms with E-state index in [1.807, 2.05) is 19.1 Å². The number of benzene rings is 2. The lowest BCUT2D eigenvalue weighted by molar-refractivity contribution is -0.133. The molecule has 4 atom stereocenters. The monoisotopic (exact) mass is 491 g/mol. The van der Waals surface area contributed by atoms with Crippen molar-refractivity contribution in [2.45, 2.75) is 50.9 Å². The molecule has 5 rings (SSSR count). The molecule has 3 fully saturated rings. The molecule has 0 aromatic heterocycles. The number of nitrogens with zero attached hydrogens (tertiary/aromatic N) is 2. The number of hydrogen-bond donors (Lipinski definition) is 1. The number of anilines is 2. The minimum atomic E-state index is -0.802. The summed E-state index contributed by atoms with van der Waals surface area (Å²) >= 11 is 0. The molecular formula is C27H29N3O6. The number of carbonyl (C=O) groups excluding carboxylic acids is 4. The standard InChI is InChI=1S/C27H29N3O6/c1-16-7-13-19(14-8-16)30-25(32)24-23(20-5-3-4-6-21(20)36-24)29(27(30)34)15-22(31)28-18-11-9-17(10-12-18)26(33)35-2/h7-14,20-21,23-24H,3-6,15H2,1-2H3,(H,28,31). The number of methoxy groups -OCH3 is 1. The van der Waals surface area contributed by atoms with Crippen molar-refractivity contribution < 1.29 is 28.7 Å². The molecule has 9 nitrogen and oxygen atoms in total. The van der Waals surface area contributed by atoms with Crippen molar-refractivity contribution >= 4 is 35.2 Å². The van der Waals surface area contributed by atoms with Crippen LogP contribution in [0.2, 0.25) is 0 Å². The number of aryl methyl sites for hydroxylation is 1. The lowest BCUT2D eigenvalue weighted by Crippen LogP contribution is -2.65. The van der Waals surface area contributed by atoms with E-state index < -0.39 is 30.1 Å². The molecule has 3 aliphatic rings. The van der Waals surface area contributed by atoms with Gasteiger partial charge in [-0.25, -0.2) is 14.5 Å². The first-order valence-corrected chi connectivity index (χ1v) is 12.2. The first-order chi connectivity index (χ1) is 17.4. The molecule has 2 saturated heterocycles. The fourth-order valence-electron chi connectivity index (χ4n) is 5.52. The zero-order valence-electron chi connectivity index (χ0n) is 20.3. The van der Waals surface area contributed by atoms with Crippen molar-refractivity contribution in [3.05, 3.63) is 59.7 Å². The van der Waals surface area contributed by atoms with Gasteiger partial charge in [0, 0.05) is 11.6 Å². The fourth-order valence-corrected chi connectivity index (χ4v) is 5.52. The molecule has 1 N–H and O–H groups in total. The van der Waals surface area contributed by atoms with Crippen molar-refractivity contribution in [3.63, 3.8) is 0 Å². The van der Waals surface area contributed by atoms with E-state index in [1.54, 1.807) is 36.4 Å². The molecule has 36 heavy (non-hydrogen) atoms. The van der Waals surface area contributed by atoms with E-state index in [-0.39, 0.29) is 24.5 Å². The number of urea groups is 1. The van der Waals surface area contributed by atoms with Crippen LogP contribution < -0.4 is 10.2 Å². The van der Waals surface area contributed by atoms with Crippen molar-refractivity contribution in [2.75, 3.05) is 23.9 Å². The SMILES string of the molecule is COC(=O)c1ccc(NC(=O)CN2C(=O)N(c3ccc(C)cc3)C(=O)C3OC4CCCCC4C32)cc1. The van der Waals surface area contributed by atoms with Crippen molar-refractivity contribution in [1.82, 2.24) is 4.90 Å². The third kappa shape index (κ3) is 4.35. The summed E-state index contributed by atoms with van der Waals surface area (Å²) in [5.41, 5.74) is 2.31. The van der Waals surface area contributed by atoms with Gasteiger partial charge in [-0.3, -0.25) is 9.59 Å². The predicted molar refractivity (Wildman–Crippen MR) is 132 cm³/mol. The summed E-state index contributed by atoms with van der Waals surface area (Å²) in [6.07, 6.45) is 2.82. The summed E-state index contributed by atoms with van der Waals surface area (Å²) in [6, 6.07) is 12.5. The van der Waals surface area contributed by atoms with E-state index >= 15 is 0 Å². The molecule has 0 bridgehead atoms. The van der Waals surface area contributed by atoms with E-state index in [4.69, 9.17) is 9.47 Å². The highest BCUT2D eigenvalue weighted by molar-refractivity contribution is 6.18. The molecule has 2 aromatic carbocycles. The number of ether oxygens (including phenoxy) is 2. The number of fused-ring (bicyclic) bond motifs is 3. The Bertz CT molecular complexity index is 1180. The van der Waals surface area contributed by atoms with Crippen LogP contribution in [-0.4, -0.2) is 60.6 Å². The van der Waals surface area contributed by atoms with E-state index in [0.717, 1.165) is 36.1 Å². The van der Waals surface area contributed by atoms with Crippen LogP contribution in [0.1, 0.15) is 41.6 Å². The van der Waals surface area contributed by atoms with Gasteiger partial charge < -0.3 is 19.7 Å². The first kappa shape index (κ1) is 24.0. The maximum Gasteiger partial charge on any atom is 0.337 e. The molecule has 9 heteroatoms. The fraction of sp³-hybridized carbons (Fsp3) is 0.407. The van der Waals surface area contributed by atoms with Gasteiger partial charge in [0.05, 0.1) is 30.5 Å². The topological polar surface area (TPSA) is 105 Å². The van der Waals surface area contributed by atoms with E-state index in [0.29, 0.717) is 16.9 Å². The van der Waals surface area contributed by atoms with Crippen LogP contribution in [0.5, 0.6) is 0 Å². The van der Waals surface area contributed by atoms with Crippen LogP contribution in [-0.2, 0) is 19.1 Å². The molecule has 188 valence electrons. The number of hydrogen-bond acceptors (Lipinski definition) is 6. The van der Waals surface area contributed by atoms with E-state index in [1.165, 1.54) is 12.0 Å². The summed E-state index contributed by atoms with van der Waals surface area (Å²) in [7, 11) is 1.30. The van der Waals surface area contributed by atoms with E-state index in [9.17, 15) is 19.2 Å². The van der Waals surface area contributed by atoms with Crippen LogP contribution in [0.4, 0.5) is 16.2 Å². The number of amides is 4. The number of nitrogens with one attached hydrogen (secondary N) is 1. The molecule has 2 aromatic rings. The lowest BCUT2D eigenvalue weighted by atomic mass is 9.81. The Labute approximate surface area is 209 Å². The van der Waals surface area contributed by atoms with Gasteiger partial charge in [0.1, 0.15) is 6.54 Å². The van der Waals surface area contributed by atoms with Crippen LogP contribution >= 0.6 is 0 Å². The van der Waals surface area contributed by atoms with E-state index in [2.05, 4.69) is 5.32 Å². The highest BCUT2D eigenvalue weighted by Crippen LogP contribution is 2.43. The Morgan fingerprint density at radius 1 is 1.03 bits per heavy atom. The third-order valence-electron chi connectivity index (χ3n) is 7.28. The Balaban J connectivity index is 1.40. The maximum atomic E-state index is 13.7. The molecular weight excluding hydrogens is 462 g/mol. The Kier molecular flexibility index (Phi) is 6.49. The molecule has 0 spiro atoms. The summed E-state index contributed by atoms with van der Waals surface area (Å²) in [6.45, 7) is 1.71. The average Bonchev–Trinajstić information content (AvgIpc) is 3.28. The van der Waals surface area contributed by atoms with Gasteiger partial charge in [0.2, 0.25) is 5.91 Å². The normalized spacial score (nSPS) is 25.3. The quantitative estimate of drug-likeness (QED) is 0.642. The van der Waals surface area contributed by atoms with Crippen molar-refractivity contribution in [2.24, 2.45) is 5.92 Å². The molecule has 1 saturated carbocycles. The van der Waals surface area contributed by atoms with Gasteiger partial charge in [-0.05, 0) is 56.2 Å². The maximum absolute atomic E-state index is 13.7. The lowest BCUT2D eigenvalue weighted by Gasteiger charge is -2.42. The Morgan fingerprint density at radius 3 is 2.42 bits per heavy atom. The van der Waals surface area contributed by atoms with Gasteiger partial charge in [0.25, 0.3) is 5.91 Å². The zero-order valence-corrected chi connectivity index (χ0v) is 20.3. The average molecular weight is 492 g/mol. The second-order valence-corrected chi connectivity index (χ2v) is 9.57. The summed E-state index contributed by atoms with van der Waals surface area (Å²) < 4.78 is 10.9. The van der Waals surface area contributed by atoms with Crippen LogP contribution in [0.25, 0.3) is 0 Å². The van der Waals surface area contributed by atoms with Gasteiger partial charge in [0.15, 0.2) is 6.10 Å². The molecule has 4 unspecified atom stereocenters. The smallest absolute Gasteiger partial charge is 0.337 e. The molecule has 4 amide bonds. The molecule has 0 radical (unpaired) electrons. The number of carbonyl (C=O) groups is 4. The molecule has 2 aliphatic heterocycles. The predicted octanol–water partition coefficient (Wildman–Crippen LogP) is 3.52. The van der Waals surface area contributed by atoms with Gasteiger partial charge in [-0.2, -0.15) is 0 Å². The molecule has 1 aliphatic carbocycles. The largest absolute Gasteiger partial charge is 0.465 e. The Hall–Kier alpha value is -3.72. The van der Waals surface area contributed by atoms with Crippen LogP contribution in [0.3, 0.4) is 0 Å². The number of imide groups is 1. The van der Waals surface area contributed by atoms with Gasteiger partial charge >= 0.3 is 12.0 Å². The van der Waals surface area contributed by atoms with Crippen molar-refractivity contribution in [1.29, 1.82) is 0 Å². The number of esters is 1. The molecule has 2 heterocycles. The van der Waals surface area contributed by atoms with Gasteiger partial charge in [-0.15, -0.1) is 0 Å². The zero-order chi connectivity index (χ0) is 25.4. The van der Waals surface area contributed by atoms with Crippen LogP contribution in [0, 0.1) is 12.8 Å². The summed E-state index contributed by atoms with van der Waals surface area (Å²) in [5.74, 6) is -1.23. The van der Waals surface area contributed by atoms with Crippen LogP contribution in [0.15, 0.2) is 48.5 Å². The van der Waals surface area contributed by atoms with Gasteiger partial charge in [-0.1, -0.05) is 30.5 Å². The second kappa shape index (κ2) is 9.73. The van der Waals surface area contributed by atoms with Crippen molar-refractivity contribution in [3.8, 4) is 0 Å². The summed E-state index contributed by atoms with van der Waals surface area (Å²) in [5, 5.41) is 2.79. The minimum Gasteiger partial charge on any atom is -0.465 e. The second-order valence-electron chi connectivity index (χ2n) is 9.57. The first-order valence-electron chi connectivity index (χ1n) is 12.2. The summed E-state index contributed by atoms with van der Waals surface area (Å²) in [4.78, 5) is 54.6. The number of rotatable bonds is 5. The minimum absolute atomic E-state index is 0.0176. The highest BCUT2D eigenvalue weighted by Gasteiger charge is 2.58. The Morgan fingerprint density at radius 2 is 1.72 bits per heavy atom. The highest BCUT2D eigenvalue weighted by atomic mass is 16.5.